The first-order chi connectivity index (χ1) is 8.53. The summed E-state index contributed by atoms with van der Waals surface area (Å²) in [6.07, 6.45) is 9.60. The van der Waals surface area contributed by atoms with Gasteiger partial charge in [0.2, 0.25) is 0 Å². The Morgan fingerprint density at radius 1 is 1.56 bits per heavy atom. The lowest BCUT2D eigenvalue weighted by Crippen LogP contribution is -2.52. The molecule has 3 atom stereocenters. The zero-order valence-electron chi connectivity index (χ0n) is 12.3. The second-order valence-electron chi connectivity index (χ2n) is 6.61. The second kappa shape index (κ2) is 5.75. The number of rotatable bonds is 4. The Labute approximate surface area is 112 Å². The molecule has 104 valence electrons. The smallest absolute Gasteiger partial charge is 0.0811 e. The van der Waals surface area contributed by atoms with Gasteiger partial charge in [0.25, 0.3) is 0 Å². The molecule has 1 unspecified atom stereocenters. The van der Waals surface area contributed by atoms with Crippen molar-refractivity contribution in [3.63, 3.8) is 0 Å². The molecule has 2 aliphatic rings. The summed E-state index contributed by atoms with van der Waals surface area (Å²) in [5.41, 5.74) is 0.951. The Morgan fingerprint density at radius 3 is 3.06 bits per heavy atom. The molecule has 0 aromatic carbocycles. The molecule has 0 bridgehead atoms. The van der Waals surface area contributed by atoms with Gasteiger partial charge in [0.05, 0.1) is 5.60 Å². The number of piperidine rings is 1. The number of aliphatic hydroxyl groups is 1. The zero-order valence-corrected chi connectivity index (χ0v) is 12.3. The fraction of sp³-hybridized carbons (Fsp3) is 0.875. The van der Waals surface area contributed by atoms with Gasteiger partial charge in [-0.15, -0.1) is 0 Å². The van der Waals surface area contributed by atoms with Gasteiger partial charge >= 0.3 is 0 Å². The molecule has 0 amide bonds. The minimum atomic E-state index is -0.509. The molecule has 0 radical (unpaired) electrons. The van der Waals surface area contributed by atoms with Crippen molar-refractivity contribution in [2.24, 2.45) is 5.92 Å². The van der Waals surface area contributed by atoms with Crippen LogP contribution in [0.2, 0.25) is 0 Å². The summed E-state index contributed by atoms with van der Waals surface area (Å²) in [5, 5.41) is 10.6. The summed E-state index contributed by atoms with van der Waals surface area (Å²) >= 11 is 0. The topological polar surface area (TPSA) is 23.5 Å². The minimum absolute atomic E-state index is 0.403. The molecule has 0 aromatic heterocycles. The lowest BCUT2D eigenvalue weighted by Gasteiger charge is -2.43. The standard InChI is InChI=1S/C16H29NO/c1-4-5-7-13(2)10-14-11-16(3,18)15-8-6-9-17(15)12-14/h10,13,15,18H,4-9,11-12H2,1-3H3/b14-10-/t13?,15-,16-/m0/s1. The average Bonchev–Trinajstić information content (AvgIpc) is 2.74. The van der Waals surface area contributed by atoms with Gasteiger partial charge in [0, 0.05) is 12.6 Å². The maximum absolute atomic E-state index is 10.6. The Bertz CT molecular complexity index is 308. The molecule has 1 N–H and O–H groups in total. The van der Waals surface area contributed by atoms with Crippen molar-refractivity contribution in [3.05, 3.63) is 11.6 Å². The highest BCUT2D eigenvalue weighted by atomic mass is 16.3. The van der Waals surface area contributed by atoms with Gasteiger partial charge in [0.15, 0.2) is 0 Å². The van der Waals surface area contributed by atoms with Crippen molar-refractivity contribution < 1.29 is 5.11 Å². The van der Waals surface area contributed by atoms with Gasteiger partial charge in [0.1, 0.15) is 0 Å². The van der Waals surface area contributed by atoms with Crippen LogP contribution >= 0.6 is 0 Å². The number of hydrogen-bond donors (Lipinski definition) is 1. The summed E-state index contributed by atoms with van der Waals surface area (Å²) in [5.74, 6) is 0.662. The normalized spacial score (nSPS) is 36.9. The Balaban J connectivity index is 2.00. The molecule has 2 saturated heterocycles. The minimum Gasteiger partial charge on any atom is -0.388 e. The predicted molar refractivity (Wildman–Crippen MR) is 76.6 cm³/mol. The van der Waals surface area contributed by atoms with E-state index in [9.17, 15) is 5.11 Å². The van der Waals surface area contributed by atoms with Gasteiger partial charge in [-0.3, -0.25) is 4.90 Å². The summed E-state index contributed by atoms with van der Waals surface area (Å²) in [6, 6.07) is 0.403. The summed E-state index contributed by atoms with van der Waals surface area (Å²) < 4.78 is 0. The van der Waals surface area contributed by atoms with Crippen LogP contribution in [0.1, 0.15) is 59.3 Å². The van der Waals surface area contributed by atoms with E-state index in [4.69, 9.17) is 0 Å². The predicted octanol–water partition coefficient (Wildman–Crippen LogP) is 3.36. The number of hydrogen-bond acceptors (Lipinski definition) is 2. The molecule has 2 heterocycles. The fourth-order valence-corrected chi connectivity index (χ4v) is 3.74. The Hall–Kier alpha value is -0.340. The third-order valence-corrected chi connectivity index (χ3v) is 4.61. The van der Waals surface area contributed by atoms with Crippen LogP contribution in [-0.4, -0.2) is 34.7 Å². The maximum atomic E-state index is 10.6. The Morgan fingerprint density at radius 2 is 2.33 bits per heavy atom. The summed E-state index contributed by atoms with van der Waals surface area (Å²) in [7, 11) is 0. The molecule has 0 spiro atoms. The Kier molecular flexibility index (Phi) is 4.50. The third-order valence-electron chi connectivity index (χ3n) is 4.61. The van der Waals surface area contributed by atoms with Crippen LogP contribution in [-0.2, 0) is 0 Å². The van der Waals surface area contributed by atoms with E-state index in [1.807, 2.05) is 6.92 Å². The van der Waals surface area contributed by atoms with Crippen molar-refractivity contribution in [3.8, 4) is 0 Å². The molecular formula is C16H29NO. The van der Waals surface area contributed by atoms with Crippen molar-refractivity contribution in [2.45, 2.75) is 70.9 Å². The summed E-state index contributed by atoms with van der Waals surface area (Å²) in [4.78, 5) is 2.49. The van der Waals surface area contributed by atoms with E-state index in [-0.39, 0.29) is 0 Å². The van der Waals surface area contributed by atoms with Crippen LogP contribution in [0.3, 0.4) is 0 Å². The highest BCUT2D eigenvalue weighted by Crippen LogP contribution is 2.37. The van der Waals surface area contributed by atoms with E-state index in [1.165, 1.54) is 44.2 Å². The number of unbranched alkanes of at least 4 members (excludes halogenated alkanes) is 1. The van der Waals surface area contributed by atoms with E-state index >= 15 is 0 Å². The molecule has 2 fully saturated rings. The monoisotopic (exact) mass is 251 g/mol. The number of fused-ring (bicyclic) bond motifs is 1. The van der Waals surface area contributed by atoms with Crippen molar-refractivity contribution in [2.75, 3.05) is 13.1 Å². The van der Waals surface area contributed by atoms with Crippen LogP contribution in [0.4, 0.5) is 0 Å². The molecule has 18 heavy (non-hydrogen) atoms. The van der Waals surface area contributed by atoms with Crippen molar-refractivity contribution in [1.82, 2.24) is 4.90 Å². The quantitative estimate of drug-likeness (QED) is 0.775. The highest BCUT2D eigenvalue weighted by molar-refractivity contribution is 5.17. The third kappa shape index (κ3) is 3.16. The highest BCUT2D eigenvalue weighted by Gasteiger charge is 2.43. The molecular weight excluding hydrogens is 222 g/mol. The van der Waals surface area contributed by atoms with E-state index in [0.717, 1.165) is 13.0 Å². The van der Waals surface area contributed by atoms with Gasteiger partial charge in [-0.25, -0.2) is 0 Å². The fourth-order valence-electron chi connectivity index (χ4n) is 3.74. The second-order valence-corrected chi connectivity index (χ2v) is 6.61. The van der Waals surface area contributed by atoms with Gasteiger partial charge < -0.3 is 5.11 Å². The molecule has 2 rings (SSSR count). The molecule has 2 heteroatoms. The summed E-state index contributed by atoms with van der Waals surface area (Å²) in [6.45, 7) is 8.85. The first kappa shape index (κ1) is 14.1. The average molecular weight is 251 g/mol. The number of allylic oxidation sites excluding steroid dienone is 1. The van der Waals surface area contributed by atoms with Crippen LogP contribution in [0.15, 0.2) is 11.6 Å². The van der Waals surface area contributed by atoms with Crippen molar-refractivity contribution >= 4 is 0 Å². The van der Waals surface area contributed by atoms with Crippen LogP contribution in [0.25, 0.3) is 0 Å². The first-order valence-corrected chi connectivity index (χ1v) is 7.69. The lowest BCUT2D eigenvalue weighted by atomic mass is 9.82. The molecule has 2 aliphatic heterocycles. The van der Waals surface area contributed by atoms with Gasteiger partial charge in [-0.05, 0) is 45.1 Å². The van der Waals surface area contributed by atoms with Gasteiger partial charge in [-0.1, -0.05) is 38.3 Å². The largest absolute Gasteiger partial charge is 0.388 e. The zero-order chi connectivity index (χ0) is 13.2. The molecule has 0 aliphatic carbocycles. The molecule has 0 aromatic rings. The van der Waals surface area contributed by atoms with E-state index < -0.39 is 5.60 Å². The van der Waals surface area contributed by atoms with Crippen molar-refractivity contribution in [1.29, 1.82) is 0 Å². The van der Waals surface area contributed by atoms with Gasteiger partial charge in [-0.2, -0.15) is 0 Å². The van der Waals surface area contributed by atoms with E-state index in [2.05, 4.69) is 24.8 Å². The maximum Gasteiger partial charge on any atom is 0.0811 e. The van der Waals surface area contributed by atoms with E-state index in [1.54, 1.807) is 0 Å². The SMILES string of the molecule is CCCCC(C)/C=C1\CN2CCC[C@H]2[C@@](C)(O)C1. The van der Waals surface area contributed by atoms with Crippen LogP contribution in [0.5, 0.6) is 0 Å². The molecule has 0 saturated carbocycles. The van der Waals surface area contributed by atoms with Crippen LogP contribution in [0, 0.1) is 5.92 Å². The first-order valence-electron chi connectivity index (χ1n) is 7.69. The van der Waals surface area contributed by atoms with E-state index in [0.29, 0.717) is 12.0 Å². The lowest BCUT2D eigenvalue weighted by molar-refractivity contribution is -0.0330. The van der Waals surface area contributed by atoms with Crippen LogP contribution < -0.4 is 0 Å². The number of nitrogens with zero attached hydrogens (tertiary/aromatic N) is 1. The molecule has 2 nitrogen and oxygen atoms in total.